The summed E-state index contributed by atoms with van der Waals surface area (Å²) in [6.07, 6.45) is 3.74. The van der Waals surface area contributed by atoms with Crippen LogP contribution in [0.2, 0.25) is 0 Å². The van der Waals surface area contributed by atoms with Gasteiger partial charge < -0.3 is 10.6 Å². The molecule has 0 spiro atoms. The number of halogens is 2. The van der Waals surface area contributed by atoms with Gasteiger partial charge in [0.2, 0.25) is 0 Å². The summed E-state index contributed by atoms with van der Waals surface area (Å²) >= 11 is 0. The maximum Gasteiger partial charge on any atom is 0.191 e. The van der Waals surface area contributed by atoms with Gasteiger partial charge in [-0.15, -0.1) is 24.0 Å². The first-order valence-electron chi connectivity index (χ1n) is 8.24. The Labute approximate surface area is 164 Å². The van der Waals surface area contributed by atoms with Crippen molar-refractivity contribution in [3.05, 3.63) is 47.8 Å². The van der Waals surface area contributed by atoms with E-state index in [1.807, 2.05) is 26.1 Å². The van der Waals surface area contributed by atoms with Crippen LogP contribution in [0, 0.1) is 5.82 Å². The molecule has 1 heterocycles. The van der Waals surface area contributed by atoms with Crippen LogP contribution in [0.3, 0.4) is 0 Å². The summed E-state index contributed by atoms with van der Waals surface area (Å²) in [5.74, 6) is 1.38. The van der Waals surface area contributed by atoms with Gasteiger partial charge in [0.05, 0.1) is 0 Å². The molecule has 2 aromatic rings. The van der Waals surface area contributed by atoms with Gasteiger partial charge >= 0.3 is 0 Å². The van der Waals surface area contributed by atoms with Gasteiger partial charge in [0, 0.05) is 25.6 Å². The van der Waals surface area contributed by atoms with Crippen LogP contribution >= 0.6 is 24.0 Å². The standard InChI is InChI=1S/C17H23FN6.HI/c1-3-19-16(20-10-15-22-12-23-24(15)2)21-11-17(8-9-17)13-4-6-14(18)7-5-13;/h4-7,12H,3,8-11H2,1-2H3,(H2,19,20,21);1H. The minimum absolute atomic E-state index is 0. The molecule has 25 heavy (non-hydrogen) atoms. The van der Waals surface area contributed by atoms with Gasteiger partial charge in [0.1, 0.15) is 24.5 Å². The smallest absolute Gasteiger partial charge is 0.191 e. The van der Waals surface area contributed by atoms with Crippen molar-refractivity contribution in [2.45, 2.75) is 31.7 Å². The fraction of sp³-hybridized carbons (Fsp3) is 0.471. The minimum Gasteiger partial charge on any atom is -0.357 e. The Morgan fingerprint density at radius 1 is 1.28 bits per heavy atom. The topological polar surface area (TPSA) is 67.1 Å². The Kier molecular flexibility index (Phi) is 6.74. The van der Waals surface area contributed by atoms with E-state index in [2.05, 4.69) is 25.7 Å². The van der Waals surface area contributed by atoms with Crippen LogP contribution in [0.4, 0.5) is 4.39 Å². The van der Waals surface area contributed by atoms with Crippen molar-refractivity contribution in [2.24, 2.45) is 12.0 Å². The van der Waals surface area contributed by atoms with Crippen LogP contribution in [-0.2, 0) is 19.0 Å². The molecule has 6 nitrogen and oxygen atoms in total. The number of benzene rings is 1. The first kappa shape index (κ1) is 19.6. The number of hydrogen-bond acceptors (Lipinski definition) is 3. The van der Waals surface area contributed by atoms with Gasteiger partial charge in [-0.1, -0.05) is 12.1 Å². The van der Waals surface area contributed by atoms with Crippen LogP contribution in [-0.4, -0.2) is 33.8 Å². The van der Waals surface area contributed by atoms with Crippen molar-refractivity contribution in [3.63, 3.8) is 0 Å². The van der Waals surface area contributed by atoms with Gasteiger partial charge in [0.15, 0.2) is 5.96 Å². The molecule has 0 atom stereocenters. The van der Waals surface area contributed by atoms with Crippen molar-refractivity contribution in [3.8, 4) is 0 Å². The number of nitrogens with zero attached hydrogens (tertiary/aromatic N) is 4. The largest absolute Gasteiger partial charge is 0.357 e. The molecule has 0 amide bonds. The summed E-state index contributed by atoms with van der Waals surface area (Å²) in [7, 11) is 1.85. The Bertz CT molecular complexity index is 708. The number of guanidine groups is 1. The van der Waals surface area contributed by atoms with Crippen molar-refractivity contribution >= 4 is 29.9 Å². The molecule has 0 saturated heterocycles. The lowest BCUT2D eigenvalue weighted by molar-refractivity contribution is 0.617. The number of nitrogens with one attached hydrogen (secondary N) is 2. The van der Waals surface area contributed by atoms with Gasteiger partial charge in [0.25, 0.3) is 0 Å². The first-order chi connectivity index (χ1) is 11.6. The number of aryl methyl sites for hydroxylation is 1. The second-order valence-electron chi connectivity index (χ2n) is 6.14. The predicted octanol–water partition coefficient (Wildman–Crippen LogP) is 2.36. The lowest BCUT2D eigenvalue weighted by Crippen LogP contribution is -2.41. The van der Waals surface area contributed by atoms with Crippen LogP contribution in [0.15, 0.2) is 35.6 Å². The van der Waals surface area contributed by atoms with E-state index in [-0.39, 0.29) is 35.2 Å². The quantitative estimate of drug-likeness (QED) is 0.397. The SMILES string of the molecule is CCNC(=NCc1ncnn1C)NCC1(c2ccc(F)cc2)CC1.I. The second-order valence-corrected chi connectivity index (χ2v) is 6.14. The van der Waals surface area contributed by atoms with Crippen molar-refractivity contribution in [1.82, 2.24) is 25.4 Å². The van der Waals surface area contributed by atoms with Gasteiger partial charge in [-0.25, -0.2) is 14.4 Å². The highest BCUT2D eigenvalue weighted by molar-refractivity contribution is 14.0. The highest BCUT2D eigenvalue weighted by Crippen LogP contribution is 2.47. The van der Waals surface area contributed by atoms with Gasteiger partial charge in [-0.05, 0) is 37.5 Å². The molecule has 1 fully saturated rings. The summed E-state index contributed by atoms with van der Waals surface area (Å²) in [4.78, 5) is 8.75. The van der Waals surface area contributed by atoms with Crippen molar-refractivity contribution < 1.29 is 4.39 Å². The van der Waals surface area contributed by atoms with E-state index >= 15 is 0 Å². The maximum absolute atomic E-state index is 13.1. The van der Waals surface area contributed by atoms with E-state index in [0.717, 1.165) is 37.7 Å². The van der Waals surface area contributed by atoms with E-state index in [9.17, 15) is 4.39 Å². The highest BCUT2D eigenvalue weighted by atomic mass is 127. The summed E-state index contributed by atoms with van der Waals surface area (Å²) < 4.78 is 14.8. The molecule has 1 saturated carbocycles. The van der Waals surface area contributed by atoms with E-state index in [1.54, 1.807) is 4.68 Å². The normalized spacial score (nSPS) is 15.4. The van der Waals surface area contributed by atoms with Gasteiger partial charge in [-0.2, -0.15) is 5.10 Å². The molecule has 136 valence electrons. The second kappa shape index (κ2) is 8.59. The first-order valence-corrected chi connectivity index (χ1v) is 8.24. The third-order valence-corrected chi connectivity index (χ3v) is 4.43. The third kappa shape index (κ3) is 4.90. The molecular formula is C17H24FIN6. The fourth-order valence-corrected chi connectivity index (χ4v) is 2.73. The number of hydrogen-bond donors (Lipinski definition) is 2. The molecule has 8 heteroatoms. The lowest BCUT2D eigenvalue weighted by atomic mass is 9.96. The van der Waals surface area contributed by atoms with Crippen LogP contribution < -0.4 is 10.6 Å². The van der Waals surface area contributed by atoms with E-state index < -0.39 is 0 Å². The van der Waals surface area contributed by atoms with Gasteiger partial charge in [-0.3, -0.25) is 4.68 Å². The summed E-state index contributed by atoms with van der Waals surface area (Å²) in [6.45, 7) is 4.07. The molecule has 1 aliphatic rings. The van der Waals surface area contributed by atoms with Crippen molar-refractivity contribution in [1.29, 1.82) is 0 Å². The predicted molar refractivity (Wildman–Crippen MR) is 107 cm³/mol. The molecule has 1 aromatic heterocycles. The van der Waals surface area contributed by atoms with Crippen LogP contribution in [0.25, 0.3) is 0 Å². The number of aliphatic imine (C=N–C) groups is 1. The Balaban J connectivity index is 0.00000225. The average molecular weight is 458 g/mol. The maximum atomic E-state index is 13.1. The van der Waals surface area contributed by atoms with E-state index in [0.29, 0.717) is 6.54 Å². The summed E-state index contributed by atoms with van der Waals surface area (Å²) in [5, 5.41) is 10.7. The summed E-state index contributed by atoms with van der Waals surface area (Å²) in [5.41, 5.74) is 1.27. The number of rotatable bonds is 6. The molecule has 0 bridgehead atoms. The van der Waals surface area contributed by atoms with Crippen LogP contribution in [0.1, 0.15) is 31.2 Å². The van der Waals surface area contributed by atoms with E-state index in [1.165, 1.54) is 24.0 Å². The number of aromatic nitrogens is 3. The highest BCUT2D eigenvalue weighted by Gasteiger charge is 2.44. The Hall–Kier alpha value is -1.71. The monoisotopic (exact) mass is 458 g/mol. The molecular weight excluding hydrogens is 434 g/mol. The zero-order valence-corrected chi connectivity index (χ0v) is 16.8. The zero-order valence-electron chi connectivity index (χ0n) is 14.5. The Morgan fingerprint density at radius 2 is 2.00 bits per heavy atom. The van der Waals surface area contributed by atoms with E-state index in [4.69, 9.17) is 0 Å². The lowest BCUT2D eigenvalue weighted by Gasteiger charge is -2.19. The zero-order chi connectivity index (χ0) is 17.0. The van der Waals surface area contributed by atoms with Crippen LogP contribution in [0.5, 0.6) is 0 Å². The third-order valence-electron chi connectivity index (χ3n) is 4.43. The molecule has 0 unspecified atom stereocenters. The van der Waals surface area contributed by atoms with Crippen molar-refractivity contribution in [2.75, 3.05) is 13.1 Å². The minimum atomic E-state index is -0.193. The molecule has 0 radical (unpaired) electrons. The summed E-state index contributed by atoms with van der Waals surface area (Å²) in [6, 6.07) is 6.83. The molecule has 1 aromatic carbocycles. The molecule has 0 aliphatic heterocycles. The fourth-order valence-electron chi connectivity index (χ4n) is 2.73. The molecule has 3 rings (SSSR count). The molecule has 2 N–H and O–H groups in total. The average Bonchev–Trinajstić information content (AvgIpc) is 3.26. The molecule has 1 aliphatic carbocycles. The Morgan fingerprint density at radius 3 is 2.56 bits per heavy atom.